The molecule has 0 unspecified atom stereocenters. The Labute approximate surface area is 145 Å². The molecule has 1 fully saturated rings. The van der Waals surface area contributed by atoms with Crippen molar-refractivity contribution in [1.82, 2.24) is 10.5 Å². The zero-order chi connectivity index (χ0) is 17.6. The zero-order valence-corrected chi connectivity index (χ0v) is 14.9. The maximum absolute atomic E-state index is 14.0. The minimum Gasteiger partial charge on any atom is -0.361 e. The molecule has 3 rings (SSSR count). The molecule has 0 aliphatic heterocycles. The first-order valence-corrected chi connectivity index (χ1v) is 8.29. The number of carbonyl (C=O) groups excluding carboxylic acids is 1. The van der Waals surface area contributed by atoms with Gasteiger partial charge in [-0.15, -0.1) is 0 Å². The summed E-state index contributed by atoms with van der Waals surface area (Å²) in [4.78, 5) is 12.8. The lowest BCUT2D eigenvalue weighted by Crippen LogP contribution is -2.42. The first-order chi connectivity index (χ1) is 11.2. The van der Waals surface area contributed by atoms with E-state index in [4.69, 9.17) is 16.1 Å². The summed E-state index contributed by atoms with van der Waals surface area (Å²) < 4.78 is 19.2. The molecule has 1 aromatic carbocycles. The van der Waals surface area contributed by atoms with E-state index in [-0.39, 0.29) is 23.7 Å². The molecule has 1 saturated carbocycles. The van der Waals surface area contributed by atoms with Crippen molar-refractivity contribution in [3.63, 3.8) is 0 Å². The largest absolute Gasteiger partial charge is 0.361 e. The lowest BCUT2D eigenvalue weighted by atomic mass is 9.82. The van der Waals surface area contributed by atoms with Crippen LogP contribution in [0.1, 0.15) is 48.8 Å². The molecule has 1 N–H and O–H groups in total. The summed E-state index contributed by atoms with van der Waals surface area (Å²) in [6.07, 6.45) is 0.685. The normalized spacial score (nSPS) is 20.1. The molecule has 1 amide bonds. The number of aromatic nitrogens is 1. The van der Waals surface area contributed by atoms with Gasteiger partial charge >= 0.3 is 0 Å². The average molecular weight is 351 g/mol. The molecule has 1 heterocycles. The van der Waals surface area contributed by atoms with Gasteiger partial charge in [0.15, 0.2) is 0 Å². The molecule has 6 heteroatoms. The number of halogens is 2. The maximum atomic E-state index is 14.0. The van der Waals surface area contributed by atoms with E-state index in [1.165, 1.54) is 6.07 Å². The zero-order valence-electron chi connectivity index (χ0n) is 14.1. The third-order valence-electron chi connectivity index (χ3n) is 4.70. The fourth-order valence-electron chi connectivity index (χ4n) is 3.38. The third-order valence-corrected chi connectivity index (χ3v) is 5.03. The van der Waals surface area contributed by atoms with Crippen LogP contribution in [0, 0.1) is 19.7 Å². The fourth-order valence-corrected chi connectivity index (χ4v) is 3.68. The van der Waals surface area contributed by atoms with Crippen LogP contribution in [0.25, 0.3) is 0 Å². The quantitative estimate of drug-likeness (QED) is 0.905. The van der Waals surface area contributed by atoms with E-state index in [2.05, 4.69) is 10.5 Å². The lowest BCUT2D eigenvalue weighted by Gasteiger charge is -2.23. The molecule has 128 valence electrons. The number of amides is 1. The maximum Gasteiger partial charge on any atom is 0.230 e. The van der Waals surface area contributed by atoms with Gasteiger partial charge in [-0.2, -0.15) is 0 Å². The van der Waals surface area contributed by atoms with Crippen LogP contribution in [0.5, 0.6) is 0 Å². The van der Waals surface area contributed by atoms with Gasteiger partial charge < -0.3 is 9.84 Å². The summed E-state index contributed by atoms with van der Waals surface area (Å²) in [5, 5.41) is 7.33. The Bertz CT molecular complexity index is 761. The number of hydrogen-bond acceptors (Lipinski definition) is 3. The van der Waals surface area contributed by atoms with Crippen molar-refractivity contribution >= 4 is 17.5 Å². The topological polar surface area (TPSA) is 55.1 Å². The molecule has 1 aromatic heterocycles. The molecule has 0 spiro atoms. The van der Waals surface area contributed by atoms with Crippen LogP contribution in [0.2, 0.25) is 5.02 Å². The van der Waals surface area contributed by atoms with Crippen LogP contribution >= 0.6 is 11.6 Å². The van der Waals surface area contributed by atoms with Crippen LogP contribution in [-0.4, -0.2) is 17.1 Å². The van der Waals surface area contributed by atoms with Crippen LogP contribution in [0.15, 0.2) is 22.7 Å². The molecule has 1 aliphatic carbocycles. The summed E-state index contributed by atoms with van der Waals surface area (Å²) in [6.45, 7) is 7.29. The highest BCUT2D eigenvalue weighted by Crippen LogP contribution is 2.45. The number of nitrogens with one attached hydrogen (secondary N) is 1. The smallest absolute Gasteiger partial charge is 0.230 e. The summed E-state index contributed by atoms with van der Waals surface area (Å²) in [5.41, 5.74) is 1.21. The molecular weight excluding hydrogens is 331 g/mol. The van der Waals surface area contributed by atoms with Crippen LogP contribution < -0.4 is 5.32 Å². The Kier molecular flexibility index (Phi) is 4.16. The second-order valence-electron chi connectivity index (χ2n) is 6.88. The van der Waals surface area contributed by atoms with Gasteiger partial charge in [-0.05, 0) is 46.2 Å². The van der Waals surface area contributed by atoms with Gasteiger partial charge in [0.25, 0.3) is 0 Å². The molecule has 24 heavy (non-hydrogen) atoms. The Morgan fingerprint density at radius 2 is 2.12 bits per heavy atom. The van der Waals surface area contributed by atoms with Crippen molar-refractivity contribution in [2.45, 2.75) is 51.5 Å². The lowest BCUT2D eigenvalue weighted by molar-refractivity contribution is -0.125. The van der Waals surface area contributed by atoms with Crippen molar-refractivity contribution in [2.75, 3.05) is 0 Å². The molecule has 0 bridgehead atoms. The first-order valence-electron chi connectivity index (χ1n) is 7.91. The summed E-state index contributed by atoms with van der Waals surface area (Å²) in [7, 11) is 0. The average Bonchev–Trinajstić information content (AvgIpc) is 3.14. The van der Waals surface area contributed by atoms with Crippen molar-refractivity contribution in [3.8, 4) is 0 Å². The summed E-state index contributed by atoms with van der Waals surface area (Å²) >= 11 is 6.11. The monoisotopic (exact) mass is 350 g/mol. The van der Waals surface area contributed by atoms with E-state index >= 15 is 0 Å². The molecule has 0 saturated heterocycles. The van der Waals surface area contributed by atoms with E-state index in [9.17, 15) is 9.18 Å². The van der Waals surface area contributed by atoms with Gasteiger partial charge in [0.1, 0.15) is 11.6 Å². The first kappa shape index (κ1) is 17.0. The second kappa shape index (κ2) is 5.88. The number of aryl methyl sites for hydroxylation is 2. The van der Waals surface area contributed by atoms with Gasteiger partial charge in [0, 0.05) is 28.1 Å². The van der Waals surface area contributed by atoms with Crippen LogP contribution in [0.3, 0.4) is 0 Å². The summed E-state index contributed by atoms with van der Waals surface area (Å²) in [5.74, 6) is 0.103. The van der Waals surface area contributed by atoms with Crippen molar-refractivity contribution in [2.24, 2.45) is 0 Å². The molecule has 1 aliphatic rings. The number of nitrogens with zero attached hydrogens (tertiary/aromatic N) is 1. The van der Waals surface area contributed by atoms with Gasteiger partial charge in [-0.3, -0.25) is 4.79 Å². The van der Waals surface area contributed by atoms with E-state index in [0.717, 1.165) is 5.56 Å². The summed E-state index contributed by atoms with van der Waals surface area (Å²) in [6, 6.07) is 4.54. The van der Waals surface area contributed by atoms with E-state index in [0.29, 0.717) is 28.5 Å². The molecule has 2 atom stereocenters. The van der Waals surface area contributed by atoms with E-state index < -0.39 is 5.41 Å². The minimum absolute atomic E-state index is 0.0804. The Balaban J connectivity index is 1.75. The molecule has 4 nitrogen and oxygen atoms in total. The van der Waals surface area contributed by atoms with Gasteiger partial charge in [-0.25, -0.2) is 4.39 Å². The SMILES string of the molecule is Cc1noc(C)c1C(C)(C)C(=O)N[C@@H]1C[C@H]1c1c(F)cccc1Cl. The van der Waals surface area contributed by atoms with Gasteiger partial charge in [0.2, 0.25) is 5.91 Å². The van der Waals surface area contributed by atoms with E-state index in [1.54, 1.807) is 19.1 Å². The highest BCUT2D eigenvalue weighted by atomic mass is 35.5. The highest BCUT2D eigenvalue weighted by molar-refractivity contribution is 6.31. The standard InChI is InChI=1S/C18H20ClFN2O2/c1-9-16(10(2)24-22-9)18(3,4)17(23)21-14-8-11(14)15-12(19)6-5-7-13(15)20/h5-7,11,14H,8H2,1-4H3,(H,21,23)/t11-,14-/m1/s1. The second-order valence-corrected chi connectivity index (χ2v) is 7.29. The fraction of sp³-hybridized carbons (Fsp3) is 0.444. The Morgan fingerprint density at radius 1 is 1.42 bits per heavy atom. The van der Waals surface area contributed by atoms with Crippen LogP contribution in [0.4, 0.5) is 4.39 Å². The predicted molar refractivity (Wildman–Crippen MR) is 89.7 cm³/mol. The van der Waals surface area contributed by atoms with E-state index in [1.807, 2.05) is 20.8 Å². The Morgan fingerprint density at radius 3 is 2.71 bits per heavy atom. The van der Waals surface area contributed by atoms with Gasteiger partial charge in [-0.1, -0.05) is 22.8 Å². The predicted octanol–water partition coefficient (Wildman–Crippen LogP) is 4.03. The van der Waals surface area contributed by atoms with Crippen LogP contribution in [-0.2, 0) is 10.2 Å². The third kappa shape index (κ3) is 2.81. The van der Waals surface area contributed by atoms with Gasteiger partial charge in [0.05, 0.1) is 11.1 Å². The molecular formula is C18H20ClFN2O2. The van der Waals surface area contributed by atoms with Crippen molar-refractivity contribution < 1.29 is 13.7 Å². The number of hydrogen-bond donors (Lipinski definition) is 1. The van der Waals surface area contributed by atoms with Crippen molar-refractivity contribution in [1.29, 1.82) is 0 Å². The Hall–Kier alpha value is -1.88. The minimum atomic E-state index is -0.777. The molecule has 0 radical (unpaired) electrons. The molecule has 2 aromatic rings. The number of rotatable bonds is 4. The number of carbonyl (C=O) groups is 1. The van der Waals surface area contributed by atoms with Crippen molar-refractivity contribution in [3.05, 3.63) is 51.6 Å². The highest BCUT2D eigenvalue weighted by Gasteiger charge is 2.45. The number of benzene rings is 1.